The van der Waals surface area contributed by atoms with Crippen LogP contribution in [0.25, 0.3) is 0 Å². The average Bonchev–Trinajstić information content (AvgIpc) is 2.37. The smallest absolute Gasteiger partial charge is 0.231 e. The number of hydrogen-bond donors (Lipinski definition) is 1. The molecule has 1 aliphatic rings. The maximum absolute atomic E-state index is 5.96. The van der Waals surface area contributed by atoms with Gasteiger partial charge in [-0.1, -0.05) is 13.8 Å². The fraction of sp³-hybridized carbons (Fsp3) is 0.750. The van der Waals surface area contributed by atoms with Gasteiger partial charge in [0.15, 0.2) is 0 Å². The molecule has 2 rings (SSSR count). The van der Waals surface area contributed by atoms with E-state index in [1.165, 1.54) is 19.3 Å². The number of nitrogens with zero attached hydrogens (tertiary/aromatic N) is 4. The third-order valence-electron chi connectivity index (χ3n) is 2.90. The first-order chi connectivity index (χ1) is 8.65. The summed E-state index contributed by atoms with van der Waals surface area (Å²) in [6, 6.07) is 0. The van der Waals surface area contributed by atoms with Crippen molar-refractivity contribution >= 4 is 23.5 Å². The molecule has 0 amide bonds. The van der Waals surface area contributed by atoms with Crippen LogP contribution < -0.4 is 10.2 Å². The molecule has 1 saturated heterocycles. The van der Waals surface area contributed by atoms with Gasteiger partial charge in [-0.15, -0.1) is 0 Å². The first-order valence-corrected chi connectivity index (χ1v) is 6.93. The molecule has 0 unspecified atom stereocenters. The van der Waals surface area contributed by atoms with Crippen LogP contribution in [0.4, 0.5) is 11.9 Å². The fourth-order valence-corrected chi connectivity index (χ4v) is 2.11. The molecule has 6 heteroatoms. The summed E-state index contributed by atoms with van der Waals surface area (Å²) in [5.74, 6) is 1.81. The Bertz CT molecular complexity index is 390. The van der Waals surface area contributed by atoms with Crippen LogP contribution in [0.15, 0.2) is 0 Å². The second-order valence-corrected chi connectivity index (χ2v) is 5.39. The maximum Gasteiger partial charge on any atom is 0.231 e. The lowest BCUT2D eigenvalue weighted by molar-refractivity contribution is 0.567. The van der Waals surface area contributed by atoms with Crippen LogP contribution in [0, 0.1) is 5.92 Å². The van der Waals surface area contributed by atoms with Gasteiger partial charge in [-0.25, -0.2) is 0 Å². The third kappa shape index (κ3) is 3.70. The largest absolute Gasteiger partial charge is 0.354 e. The first-order valence-electron chi connectivity index (χ1n) is 6.55. The minimum Gasteiger partial charge on any atom is -0.354 e. The summed E-state index contributed by atoms with van der Waals surface area (Å²) in [6.07, 6.45) is 3.67. The van der Waals surface area contributed by atoms with Crippen LogP contribution in [0.5, 0.6) is 0 Å². The van der Waals surface area contributed by atoms with Crippen LogP contribution in [-0.2, 0) is 0 Å². The van der Waals surface area contributed by atoms with E-state index in [1.54, 1.807) is 0 Å². The van der Waals surface area contributed by atoms with Crippen molar-refractivity contribution in [2.24, 2.45) is 5.92 Å². The summed E-state index contributed by atoms with van der Waals surface area (Å²) in [6.45, 7) is 7.12. The molecule has 5 nitrogen and oxygen atoms in total. The molecular formula is C12H20ClN5. The molecule has 1 N–H and O–H groups in total. The fourth-order valence-electron chi connectivity index (χ4n) is 1.95. The molecule has 0 aliphatic carbocycles. The van der Waals surface area contributed by atoms with E-state index in [0.29, 0.717) is 17.8 Å². The van der Waals surface area contributed by atoms with E-state index >= 15 is 0 Å². The molecule has 0 spiro atoms. The van der Waals surface area contributed by atoms with Crippen LogP contribution in [-0.4, -0.2) is 34.6 Å². The quantitative estimate of drug-likeness (QED) is 0.911. The predicted octanol–water partition coefficient (Wildman–Crippen LogP) is 2.58. The number of nitrogens with one attached hydrogen (secondary N) is 1. The Morgan fingerprint density at radius 1 is 1.17 bits per heavy atom. The van der Waals surface area contributed by atoms with Gasteiger partial charge in [-0.3, -0.25) is 0 Å². The topological polar surface area (TPSA) is 53.9 Å². The van der Waals surface area contributed by atoms with Gasteiger partial charge in [0.05, 0.1) is 0 Å². The Labute approximate surface area is 113 Å². The summed E-state index contributed by atoms with van der Waals surface area (Å²) in [5.41, 5.74) is 0. The number of aromatic nitrogens is 3. The molecular weight excluding hydrogens is 250 g/mol. The number of piperidine rings is 1. The molecule has 0 aromatic carbocycles. The zero-order valence-electron chi connectivity index (χ0n) is 11.0. The molecule has 1 fully saturated rings. The predicted molar refractivity (Wildman–Crippen MR) is 74.2 cm³/mol. The van der Waals surface area contributed by atoms with Crippen LogP contribution in [0.3, 0.4) is 0 Å². The van der Waals surface area contributed by atoms with Crippen LogP contribution in [0.1, 0.15) is 33.1 Å². The zero-order valence-corrected chi connectivity index (χ0v) is 11.7. The summed E-state index contributed by atoms with van der Waals surface area (Å²) in [5, 5.41) is 3.45. The van der Waals surface area contributed by atoms with Gasteiger partial charge in [0.1, 0.15) is 0 Å². The molecule has 2 heterocycles. The first kappa shape index (κ1) is 13.3. The van der Waals surface area contributed by atoms with E-state index in [9.17, 15) is 0 Å². The van der Waals surface area contributed by atoms with Crippen LogP contribution in [0.2, 0.25) is 5.28 Å². The molecule has 1 aromatic rings. The number of rotatable bonds is 4. The highest BCUT2D eigenvalue weighted by molar-refractivity contribution is 6.28. The van der Waals surface area contributed by atoms with E-state index in [4.69, 9.17) is 11.6 Å². The minimum atomic E-state index is 0.261. The van der Waals surface area contributed by atoms with Crippen molar-refractivity contribution in [2.75, 3.05) is 29.9 Å². The van der Waals surface area contributed by atoms with Crippen molar-refractivity contribution in [1.29, 1.82) is 0 Å². The molecule has 0 saturated carbocycles. The van der Waals surface area contributed by atoms with Gasteiger partial charge in [-0.05, 0) is 36.8 Å². The normalized spacial score (nSPS) is 16.1. The van der Waals surface area contributed by atoms with Gasteiger partial charge in [-0.2, -0.15) is 15.0 Å². The summed E-state index contributed by atoms with van der Waals surface area (Å²) in [4.78, 5) is 14.9. The molecule has 100 valence electrons. The molecule has 18 heavy (non-hydrogen) atoms. The number of anilines is 2. The van der Waals surface area contributed by atoms with Crippen molar-refractivity contribution in [3.05, 3.63) is 5.28 Å². The number of halogens is 1. The maximum atomic E-state index is 5.96. The van der Waals surface area contributed by atoms with Crippen LogP contribution >= 0.6 is 11.6 Å². The van der Waals surface area contributed by atoms with Crippen molar-refractivity contribution in [2.45, 2.75) is 33.1 Å². The monoisotopic (exact) mass is 269 g/mol. The second kappa shape index (κ2) is 6.18. The van der Waals surface area contributed by atoms with Gasteiger partial charge in [0, 0.05) is 19.6 Å². The van der Waals surface area contributed by atoms with E-state index in [1.807, 2.05) is 0 Å². The van der Waals surface area contributed by atoms with E-state index in [-0.39, 0.29) is 5.28 Å². The Balaban J connectivity index is 2.09. The molecule has 1 aliphatic heterocycles. The van der Waals surface area contributed by atoms with E-state index < -0.39 is 0 Å². The highest BCUT2D eigenvalue weighted by Crippen LogP contribution is 2.18. The van der Waals surface area contributed by atoms with E-state index in [0.717, 1.165) is 19.6 Å². The Morgan fingerprint density at radius 2 is 1.89 bits per heavy atom. The SMILES string of the molecule is CC(C)CNc1nc(Cl)nc(N2CCCCC2)n1. The standard InChI is InChI=1S/C12H20ClN5/c1-9(2)8-14-11-15-10(13)16-12(17-11)18-6-4-3-5-7-18/h9H,3-8H2,1-2H3,(H,14,15,16,17). The lowest BCUT2D eigenvalue weighted by Gasteiger charge is -2.26. The van der Waals surface area contributed by atoms with Crippen molar-refractivity contribution in [1.82, 2.24) is 15.0 Å². The third-order valence-corrected chi connectivity index (χ3v) is 3.07. The van der Waals surface area contributed by atoms with Gasteiger partial charge < -0.3 is 10.2 Å². The number of hydrogen-bond acceptors (Lipinski definition) is 5. The van der Waals surface area contributed by atoms with Crippen molar-refractivity contribution in [3.8, 4) is 0 Å². The molecule has 0 atom stereocenters. The highest BCUT2D eigenvalue weighted by Gasteiger charge is 2.15. The molecule has 0 bridgehead atoms. The van der Waals surface area contributed by atoms with Crippen molar-refractivity contribution < 1.29 is 0 Å². The lowest BCUT2D eigenvalue weighted by Crippen LogP contribution is -2.31. The minimum absolute atomic E-state index is 0.261. The Hall–Kier alpha value is -1.10. The molecule has 1 aromatic heterocycles. The van der Waals surface area contributed by atoms with Gasteiger partial charge in [0.25, 0.3) is 0 Å². The summed E-state index contributed by atoms with van der Waals surface area (Å²) in [7, 11) is 0. The Morgan fingerprint density at radius 3 is 2.56 bits per heavy atom. The second-order valence-electron chi connectivity index (χ2n) is 5.05. The Kier molecular flexibility index (Phi) is 4.58. The van der Waals surface area contributed by atoms with Gasteiger partial charge in [0.2, 0.25) is 17.2 Å². The van der Waals surface area contributed by atoms with Gasteiger partial charge >= 0.3 is 0 Å². The van der Waals surface area contributed by atoms with E-state index in [2.05, 4.69) is 39.0 Å². The summed E-state index contributed by atoms with van der Waals surface area (Å²) < 4.78 is 0. The van der Waals surface area contributed by atoms with Crippen molar-refractivity contribution in [3.63, 3.8) is 0 Å². The molecule has 0 radical (unpaired) electrons. The lowest BCUT2D eigenvalue weighted by atomic mass is 10.1. The zero-order chi connectivity index (χ0) is 13.0. The summed E-state index contributed by atoms with van der Waals surface area (Å²) >= 11 is 5.96. The average molecular weight is 270 g/mol. The highest BCUT2D eigenvalue weighted by atomic mass is 35.5.